The molecule has 1 saturated heterocycles. The molecular weight excluding hydrogens is 571 g/mol. The van der Waals surface area contributed by atoms with Crippen LogP contribution in [-0.2, 0) is 20.8 Å². The lowest BCUT2D eigenvalue weighted by atomic mass is 9.94. The Morgan fingerprint density at radius 2 is 2.02 bits per heavy atom. The number of nitrogens with one attached hydrogen (secondary N) is 2. The van der Waals surface area contributed by atoms with E-state index in [4.69, 9.17) is 10.4 Å². The van der Waals surface area contributed by atoms with Crippen molar-refractivity contribution in [3.05, 3.63) is 42.4 Å². The predicted octanol–water partition coefficient (Wildman–Crippen LogP) is 3.93. The van der Waals surface area contributed by atoms with Crippen LogP contribution in [-0.4, -0.2) is 70.2 Å². The van der Waals surface area contributed by atoms with E-state index in [0.717, 1.165) is 31.4 Å². The molecule has 222 valence electrons. The first kappa shape index (κ1) is 29.6. The van der Waals surface area contributed by atoms with Crippen molar-refractivity contribution in [2.45, 2.75) is 85.8 Å². The van der Waals surface area contributed by atoms with E-state index in [1.807, 2.05) is 0 Å². The normalized spacial score (nSPS) is 22.3. The van der Waals surface area contributed by atoms with E-state index in [1.165, 1.54) is 29.6 Å². The second-order valence-corrected chi connectivity index (χ2v) is 13.3. The number of aliphatic imine (C=N–C) groups is 1. The molecule has 2 saturated carbocycles. The number of amides is 1. The average Bonchev–Trinajstić information content (AvgIpc) is 3.54. The number of hydrogen-bond donors (Lipinski definition) is 2. The Balaban J connectivity index is 1.53. The third-order valence-electron chi connectivity index (χ3n) is 7.96. The number of halogens is 3. The molecule has 10 nitrogen and oxygen atoms in total. The molecule has 14 heteroatoms. The van der Waals surface area contributed by atoms with E-state index in [9.17, 15) is 31.6 Å². The quantitative estimate of drug-likeness (QED) is 0.344. The summed E-state index contributed by atoms with van der Waals surface area (Å²) in [5, 5.41) is 18.9. The summed E-state index contributed by atoms with van der Waals surface area (Å²) < 4.78 is 70.7. The molecule has 0 spiro atoms. The number of carbonyl (C=O) groups is 1. The van der Waals surface area contributed by atoms with E-state index in [0.29, 0.717) is 18.7 Å². The van der Waals surface area contributed by atoms with Crippen LogP contribution in [0, 0.1) is 16.7 Å². The number of likely N-dealkylation sites (tertiary alicyclic amines) is 1. The van der Waals surface area contributed by atoms with Gasteiger partial charge >= 0.3 is 6.18 Å². The molecule has 2 N–H and O–H groups in total. The molecule has 0 radical (unpaired) electrons. The Labute approximate surface area is 241 Å². The van der Waals surface area contributed by atoms with Gasteiger partial charge in [0.05, 0.1) is 33.5 Å². The highest BCUT2D eigenvalue weighted by Gasteiger charge is 2.51. The minimum absolute atomic E-state index is 0.0289. The monoisotopic (exact) mass is 601 g/mol. The van der Waals surface area contributed by atoms with Crippen LogP contribution < -0.4 is 5.32 Å². The number of aromatic nitrogens is 2. The summed E-state index contributed by atoms with van der Waals surface area (Å²) in [6.45, 7) is 1.29. The van der Waals surface area contributed by atoms with Crippen molar-refractivity contribution >= 4 is 27.3 Å². The van der Waals surface area contributed by atoms with Crippen LogP contribution in [0.25, 0.3) is 11.3 Å². The third-order valence-corrected chi connectivity index (χ3v) is 10.1. The van der Waals surface area contributed by atoms with Crippen LogP contribution in [0.2, 0.25) is 0 Å². The summed E-state index contributed by atoms with van der Waals surface area (Å²) >= 11 is 0. The van der Waals surface area contributed by atoms with Gasteiger partial charge in [-0.05, 0) is 63.6 Å². The average molecular weight is 602 g/mol. The number of hydrogen-bond acceptors (Lipinski definition) is 8. The highest BCUT2D eigenvalue weighted by molar-refractivity contribution is 7.92. The van der Waals surface area contributed by atoms with Gasteiger partial charge in [0.25, 0.3) is 0 Å². The molecule has 3 aliphatic rings. The minimum Gasteiger partial charge on any atom is -0.347 e. The number of nitriles is 1. The van der Waals surface area contributed by atoms with Crippen LogP contribution in [0.3, 0.4) is 0 Å². The van der Waals surface area contributed by atoms with Crippen molar-refractivity contribution in [3.63, 3.8) is 0 Å². The number of sulfone groups is 1. The van der Waals surface area contributed by atoms with Gasteiger partial charge in [0.1, 0.15) is 23.7 Å². The van der Waals surface area contributed by atoms with Crippen molar-refractivity contribution in [3.8, 4) is 17.3 Å². The molecule has 0 bridgehead atoms. The van der Waals surface area contributed by atoms with E-state index >= 15 is 0 Å². The summed E-state index contributed by atoms with van der Waals surface area (Å²) in [4.78, 5) is 26.6. The summed E-state index contributed by atoms with van der Waals surface area (Å²) in [5.74, 6) is -0.215. The van der Waals surface area contributed by atoms with Crippen LogP contribution in [0.15, 0.2) is 46.7 Å². The molecular formula is C28H30F3N7O3S. The van der Waals surface area contributed by atoms with E-state index in [-0.39, 0.29) is 42.4 Å². The maximum atomic E-state index is 14.3. The molecule has 42 heavy (non-hydrogen) atoms. The van der Waals surface area contributed by atoms with Crippen molar-refractivity contribution in [2.75, 3.05) is 6.54 Å². The second kappa shape index (κ2) is 11.1. The molecule has 1 aliphatic heterocycles. The van der Waals surface area contributed by atoms with Crippen LogP contribution in [0.1, 0.15) is 57.4 Å². The standard InChI is InChI=1S/C28H30F3N7O3S/c1-17(33)11-25(36-19-3-2-4-19)38-14-20(13-23(38)26(39)37-27(15-32)8-9-27)42(40,41)24-6-5-18(12-21(24)28(29,30)31)22-7-10-34-16-35-22/h5-7,10,12,16,19-20,23,33H,2-4,8-9,11,13-14H2,1H3,(H,37,39). The van der Waals surface area contributed by atoms with Crippen molar-refractivity contribution in [2.24, 2.45) is 4.99 Å². The lowest BCUT2D eigenvalue weighted by Gasteiger charge is -2.31. The molecule has 5 rings (SSSR count). The highest BCUT2D eigenvalue weighted by Crippen LogP contribution is 2.40. The van der Waals surface area contributed by atoms with Gasteiger partial charge in [-0.1, -0.05) is 6.07 Å². The van der Waals surface area contributed by atoms with Gasteiger partial charge in [-0.2, -0.15) is 18.4 Å². The smallest absolute Gasteiger partial charge is 0.347 e. The van der Waals surface area contributed by atoms with Crippen LogP contribution in [0.4, 0.5) is 13.2 Å². The minimum atomic E-state index is -4.99. The fourth-order valence-corrected chi connectivity index (χ4v) is 7.14. The van der Waals surface area contributed by atoms with Gasteiger partial charge in [-0.25, -0.2) is 18.4 Å². The zero-order valence-electron chi connectivity index (χ0n) is 22.9. The van der Waals surface area contributed by atoms with Crippen molar-refractivity contribution in [1.82, 2.24) is 20.2 Å². The topological polar surface area (TPSA) is 152 Å². The predicted molar refractivity (Wildman–Crippen MR) is 147 cm³/mol. The number of alkyl halides is 3. The first-order chi connectivity index (χ1) is 19.8. The molecule has 3 fully saturated rings. The van der Waals surface area contributed by atoms with Gasteiger partial charge in [0.2, 0.25) is 5.91 Å². The number of carbonyl (C=O) groups excluding carboxylic acids is 1. The molecule has 1 amide bonds. The Morgan fingerprint density at radius 3 is 2.57 bits per heavy atom. The third kappa shape index (κ3) is 6.01. The fourth-order valence-electron chi connectivity index (χ4n) is 5.25. The van der Waals surface area contributed by atoms with Gasteiger partial charge < -0.3 is 15.6 Å². The Hall–Kier alpha value is -3.86. The first-order valence-corrected chi connectivity index (χ1v) is 15.2. The zero-order valence-corrected chi connectivity index (χ0v) is 23.7. The molecule has 1 aromatic heterocycles. The lowest BCUT2D eigenvalue weighted by molar-refractivity contribution is -0.139. The number of rotatable bonds is 8. The lowest BCUT2D eigenvalue weighted by Crippen LogP contribution is -2.50. The Morgan fingerprint density at radius 1 is 1.29 bits per heavy atom. The molecule has 2 aromatic rings. The van der Waals surface area contributed by atoms with E-state index < -0.39 is 49.2 Å². The van der Waals surface area contributed by atoms with Gasteiger partial charge in [-0.3, -0.25) is 9.79 Å². The Kier molecular flexibility index (Phi) is 7.82. The van der Waals surface area contributed by atoms with Crippen molar-refractivity contribution < 1.29 is 26.4 Å². The molecule has 2 atom stereocenters. The zero-order chi connectivity index (χ0) is 30.3. The molecule has 2 heterocycles. The first-order valence-electron chi connectivity index (χ1n) is 13.7. The van der Waals surface area contributed by atoms with Crippen LogP contribution in [0.5, 0.6) is 0 Å². The largest absolute Gasteiger partial charge is 0.417 e. The highest BCUT2D eigenvalue weighted by atomic mass is 32.2. The number of benzene rings is 1. The maximum Gasteiger partial charge on any atom is 0.417 e. The molecule has 2 unspecified atom stereocenters. The van der Waals surface area contributed by atoms with Gasteiger partial charge in [-0.15, -0.1) is 0 Å². The molecule has 2 aliphatic carbocycles. The van der Waals surface area contributed by atoms with E-state index in [2.05, 4.69) is 21.4 Å². The fraction of sp³-hybridized carbons (Fsp3) is 0.500. The second-order valence-electron chi connectivity index (χ2n) is 11.1. The molecule has 1 aromatic carbocycles. The SMILES string of the molecule is CC(=N)CC(=NC1CCC1)N1CC(S(=O)(=O)c2ccc(-c3ccncn3)cc2C(F)(F)F)CC1C(=O)NC1(C#N)CC1. The Bertz CT molecular complexity index is 1560. The van der Waals surface area contributed by atoms with Gasteiger partial charge in [0, 0.05) is 30.4 Å². The summed E-state index contributed by atoms with van der Waals surface area (Å²) in [7, 11) is -4.61. The maximum absolute atomic E-state index is 14.3. The number of nitrogens with zero attached hydrogens (tertiary/aromatic N) is 5. The van der Waals surface area contributed by atoms with Crippen molar-refractivity contribution in [1.29, 1.82) is 10.7 Å². The summed E-state index contributed by atoms with van der Waals surface area (Å²) in [6, 6.07) is 5.36. The van der Waals surface area contributed by atoms with Gasteiger partial charge in [0.15, 0.2) is 9.84 Å². The number of amidine groups is 1. The van der Waals surface area contributed by atoms with E-state index in [1.54, 1.807) is 6.92 Å². The summed E-state index contributed by atoms with van der Waals surface area (Å²) in [6.07, 6.45) is 0.870. The summed E-state index contributed by atoms with van der Waals surface area (Å²) in [5.41, 5.74) is -1.82. The van der Waals surface area contributed by atoms with Crippen LogP contribution >= 0.6 is 0 Å².